The third-order valence-electron chi connectivity index (χ3n) is 4.36. The molecule has 0 bridgehead atoms. The van der Waals surface area contributed by atoms with Crippen molar-refractivity contribution in [3.05, 3.63) is 48.0 Å². The Morgan fingerprint density at radius 3 is 2.65 bits per heavy atom. The Bertz CT molecular complexity index is 668. The van der Waals surface area contributed by atoms with Gasteiger partial charge in [-0.1, -0.05) is 30.3 Å². The van der Waals surface area contributed by atoms with E-state index in [1.807, 2.05) is 0 Å². The molecule has 0 atom stereocenters. The Morgan fingerprint density at radius 2 is 1.75 bits per heavy atom. The molecule has 0 N–H and O–H groups in total. The van der Waals surface area contributed by atoms with E-state index >= 15 is 0 Å². The lowest BCUT2D eigenvalue weighted by Crippen LogP contribution is -2.30. The van der Waals surface area contributed by atoms with Crippen LogP contribution in [0.25, 0.3) is 16.5 Å². The minimum Gasteiger partial charge on any atom is -0.489 e. The maximum absolute atomic E-state index is 5.85. The first-order valence-electron chi connectivity index (χ1n) is 7.53. The summed E-state index contributed by atoms with van der Waals surface area (Å²) in [5.74, 6) is 1.03. The van der Waals surface area contributed by atoms with Crippen LogP contribution in [0.2, 0.25) is 0 Å². The van der Waals surface area contributed by atoms with Crippen molar-refractivity contribution in [3.8, 4) is 5.75 Å². The summed E-state index contributed by atoms with van der Waals surface area (Å²) in [6.45, 7) is 3.04. The van der Waals surface area contributed by atoms with Crippen LogP contribution in [-0.2, 0) is 0 Å². The smallest absolute Gasteiger partial charge is 0.129 e. The van der Waals surface area contributed by atoms with Crippen LogP contribution in [0.5, 0.6) is 5.75 Å². The Morgan fingerprint density at radius 1 is 0.900 bits per heavy atom. The summed E-state index contributed by atoms with van der Waals surface area (Å²) in [7, 11) is 0. The Kier molecular flexibility index (Phi) is 2.87. The van der Waals surface area contributed by atoms with Gasteiger partial charge in [-0.3, -0.25) is 0 Å². The maximum atomic E-state index is 5.85. The van der Waals surface area contributed by atoms with Gasteiger partial charge in [-0.15, -0.1) is 0 Å². The molecule has 20 heavy (non-hydrogen) atoms. The highest BCUT2D eigenvalue weighted by molar-refractivity contribution is 5.96. The van der Waals surface area contributed by atoms with Gasteiger partial charge in [0.1, 0.15) is 12.4 Å². The van der Waals surface area contributed by atoms with Crippen LogP contribution < -0.4 is 4.74 Å². The fourth-order valence-electron chi connectivity index (χ4n) is 3.37. The molecule has 2 aromatic rings. The van der Waals surface area contributed by atoms with Crippen LogP contribution in [0, 0.1) is 0 Å². The highest BCUT2D eigenvalue weighted by Gasteiger charge is 2.22. The molecule has 0 radical (unpaired) electrons. The highest BCUT2D eigenvalue weighted by Crippen LogP contribution is 2.38. The number of hydrogen-bond donors (Lipinski definition) is 0. The molecule has 0 unspecified atom stereocenters. The van der Waals surface area contributed by atoms with Crippen molar-refractivity contribution in [2.75, 3.05) is 19.7 Å². The van der Waals surface area contributed by atoms with Gasteiger partial charge in [-0.25, -0.2) is 0 Å². The SMILES string of the molecule is C1=C(N2CCCCC2)c2c(ccc3ccccc23)OC1. The normalized spacial score (nSPS) is 18.4. The molecule has 2 heterocycles. The Balaban J connectivity index is 1.88. The van der Waals surface area contributed by atoms with Gasteiger partial charge in [-0.05, 0) is 42.2 Å². The zero-order valence-electron chi connectivity index (χ0n) is 11.6. The summed E-state index contributed by atoms with van der Waals surface area (Å²) in [5, 5.41) is 2.60. The molecule has 2 nitrogen and oxygen atoms in total. The molecule has 102 valence electrons. The minimum atomic E-state index is 0.692. The average Bonchev–Trinajstić information content (AvgIpc) is 2.55. The van der Waals surface area contributed by atoms with Gasteiger partial charge in [0.25, 0.3) is 0 Å². The van der Waals surface area contributed by atoms with E-state index in [-0.39, 0.29) is 0 Å². The molecule has 0 aromatic heterocycles. The number of nitrogens with zero attached hydrogens (tertiary/aromatic N) is 1. The van der Waals surface area contributed by atoms with Crippen molar-refractivity contribution in [2.45, 2.75) is 19.3 Å². The first-order valence-corrected chi connectivity index (χ1v) is 7.53. The molecule has 2 aromatic carbocycles. The van der Waals surface area contributed by atoms with E-state index in [0.29, 0.717) is 6.61 Å². The van der Waals surface area contributed by atoms with E-state index in [2.05, 4.69) is 47.4 Å². The molecule has 1 saturated heterocycles. The minimum absolute atomic E-state index is 0.692. The second-order valence-electron chi connectivity index (χ2n) is 5.61. The van der Waals surface area contributed by atoms with Gasteiger partial charge in [-0.2, -0.15) is 0 Å². The standard InChI is InChI=1S/C18H19NO/c1-4-11-19(12-5-1)16-10-13-20-17-9-8-14-6-2-3-7-15(14)18(16)17/h2-3,6-10H,1,4-5,11-13H2. The molecule has 0 spiro atoms. The van der Waals surface area contributed by atoms with Crippen molar-refractivity contribution in [1.82, 2.24) is 4.90 Å². The van der Waals surface area contributed by atoms with Crippen LogP contribution in [0.1, 0.15) is 24.8 Å². The van der Waals surface area contributed by atoms with Crippen LogP contribution in [0.4, 0.5) is 0 Å². The summed E-state index contributed by atoms with van der Waals surface area (Å²) in [6, 6.07) is 12.9. The average molecular weight is 265 g/mol. The zero-order chi connectivity index (χ0) is 13.4. The summed E-state index contributed by atoms with van der Waals surface area (Å²) in [5.41, 5.74) is 2.67. The van der Waals surface area contributed by atoms with Gasteiger partial charge in [0.05, 0.1) is 0 Å². The van der Waals surface area contributed by atoms with Crippen LogP contribution >= 0.6 is 0 Å². The van der Waals surface area contributed by atoms with Crippen LogP contribution in [0.15, 0.2) is 42.5 Å². The van der Waals surface area contributed by atoms with E-state index in [0.717, 1.165) is 5.75 Å². The van der Waals surface area contributed by atoms with E-state index in [1.54, 1.807) is 0 Å². The summed E-state index contributed by atoms with van der Waals surface area (Å²) < 4.78 is 5.85. The monoisotopic (exact) mass is 265 g/mol. The second kappa shape index (κ2) is 4.86. The number of hydrogen-bond acceptors (Lipinski definition) is 2. The first kappa shape index (κ1) is 11.8. The molecular formula is C18H19NO. The number of fused-ring (bicyclic) bond motifs is 3. The van der Waals surface area contributed by atoms with Gasteiger partial charge in [0.2, 0.25) is 0 Å². The molecule has 0 amide bonds. The van der Waals surface area contributed by atoms with Crippen molar-refractivity contribution >= 4 is 16.5 Å². The van der Waals surface area contributed by atoms with E-state index in [4.69, 9.17) is 4.74 Å². The predicted octanol–water partition coefficient (Wildman–Crippen LogP) is 4.06. The van der Waals surface area contributed by atoms with Gasteiger partial charge in [0, 0.05) is 24.4 Å². The topological polar surface area (TPSA) is 12.5 Å². The van der Waals surface area contributed by atoms with E-state index in [1.165, 1.54) is 54.4 Å². The third-order valence-corrected chi connectivity index (χ3v) is 4.36. The lowest BCUT2D eigenvalue weighted by Gasteiger charge is -2.34. The number of ether oxygens (including phenoxy) is 1. The fourth-order valence-corrected chi connectivity index (χ4v) is 3.37. The third kappa shape index (κ3) is 1.87. The molecular weight excluding hydrogens is 246 g/mol. The Labute approximate surface area is 119 Å². The highest BCUT2D eigenvalue weighted by atomic mass is 16.5. The largest absolute Gasteiger partial charge is 0.489 e. The van der Waals surface area contributed by atoms with Gasteiger partial charge in [0.15, 0.2) is 0 Å². The van der Waals surface area contributed by atoms with E-state index in [9.17, 15) is 0 Å². The quantitative estimate of drug-likeness (QED) is 0.771. The lowest BCUT2D eigenvalue weighted by atomic mass is 9.97. The first-order chi connectivity index (χ1) is 9.93. The summed E-state index contributed by atoms with van der Waals surface area (Å²) in [6.07, 6.45) is 6.22. The lowest BCUT2D eigenvalue weighted by molar-refractivity contribution is 0.309. The number of rotatable bonds is 1. The zero-order valence-corrected chi connectivity index (χ0v) is 11.6. The van der Waals surface area contributed by atoms with Crippen LogP contribution in [0.3, 0.4) is 0 Å². The fraction of sp³-hybridized carbons (Fsp3) is 0.333. The maximum Gasteiger partial charge on any atom is 0.129 e. The number of likely N-dealkylation sites (tertiary alicyclic amines) is 1. The predicted molar refractivity (Wildman–Crippen MR) is 82.8 cm³/mol. The van der Waals surface area contributed by atoms with Crippen molar-refractivity contribution in [1.29, 1.82) is 0 Å². The van der Waals surface area contributed by atoms with Crippen molar-refractivity contribution < 1.29 is 4.74 Å². The molecule has 2 aliphatic rings. The molecule has 2 aliphatic heterocycles. The molecule has 0 saturated carbocycles. The van der Waals surface area contributed by atoms with Gasteiger partial charge < -0.3 is 9.64 Å². The van der Waals surface area contributed by atoms with Gasteiger partial charge >= 0.3 is 0 Å². The second-order valence-corrected chi connectivity index (χ2v) is 5.61. The van der Waals surface area contributed by atoms with E-state index < -0.39 is 0 Å². The summed E-state index contributed by atoms with van der Waals surface area (Å²) >= 11 is 0. The van der Waals surface area contributed by atoms with Crippen molar-refractivity contribution in [3.63, 3.8) is 0 Å². The molecule has 1 fully saturated rings. The molecule has 4 rings (SSSR count). The van der Waals surface area contributed by atoms with Crippen molar-refractivity contribution in [2.24, 2.45) is 0 Å². The molecule has 2 heteroatoms. The number of piperidine rings is 1. The van der Waals surface area contributed by atoms with Crippen LogP contribution in [-0.4, -0.2) is 24.6 Å². The molecule has 0 aliphatic carbocycles. The summed E-state index contributed by atoms with van der Waals surface area (Å²) in [4.78, 5) is 2.54. The number of benzene rings is 2. The Hall–Kier alpha value is -1.96.